The minimum Gasteiger partial charge on any atom is -0.601 e. The number of carboxylic acid groups (broad SMARTS) is 1. The van der Waals surface area contributed by atoms with Gasteiger partial charge in [-0.3, -0.25) is 0 Å². The van der Waals surface area contributed by atoms with E-state index < -0.39 is 23.0 Å². The summed E-state index contributed by atoms with van der Waals surface area (Å²) in [7, 11) is 0. The van der Waals surface area contributed by atoms with Gasteiger partial charge >= 0.3 is 6.09 Å². The summed E-state index contributed by atoms with van der Waals surface area (Å²) in [6.07, 6.45) is -1.66. The second-order valence-electron chi connectivity index (χ2n) is 4.85. The molecule has 2 rings (SSSR count). The Hall–Kier alpha value is -1.47. The van der Waals surface area contributed by atoms with Crippen LogP contribution >= 0.6 is 0 Å². The Morgan fingerprint density at radius 3 is 2.58 bits per heavy atom. The monoisotopic (exact) mass is 266 g/mol. The number of nitrogens with zero attached hydrogens (tertiary/aromatic N) is 2. The van der Waals surface area contributed by atoms with E-state index in [4.69, 9.17) is 0 Å². The third-order valence-corrected chi connectivity index (χ3v) is 3.64. The summed E-state index contributed by atoms with van der Waals surface area (Å²) in [4.78, 5) is 11.5. The highest BCUT2D eigenvalue weighted by atomic mass is 16.7. The topological polar surface area (TPSA) is 83.8 Å². The average molecular weight is 266 g/mol. The first kappa shape index (κ1) is 14.0. The molecule has 1 fully saturated rings. The van der Waals surface area contributed by atoms with E-state index >= 15 is 0 Å². The molecule has 3 unspecified atom stereocenters. The van der Waals surface area contributed by atoms with Crippen molar-refractivity contribution in [2.24, 2.45) is 0 Å². The predicted molar refractivity (Wildman–Crippen MR) is 68.7 cm³/mol. The third kappa shape index (κ3) is 2.48. The third-order valence-electron chi connectivity index (χ3n) is 3.64. The molecule has 19 heavy (non-hydrogen) atoms. The molecule has 0 spiro atoms. The number of rotatable bonds is 3. The van der Waals surface area contributed by atoms with Crippen molar-refractivity contribution in [3.05, 3.63) is 41.1 Å². The largest absolute Gasteiger partial charge is 0.601 e. The average Bonchev–Trinajstić information content (AvgIpc) is 2.84. The SMILES string of the molecule is CC(c1ccccc1)[N+]([O-])(C(=O)O)N1CCC(O)C1. The number of aliphatic hydroxyl groups is 1. The van der Waals surface area contributed by atoms with Gasteiger partial charge in [0.05, 0.1) is 19.2 Å². The number of carbonyl (C=O) groups is 1. The van der Waals surface area contributed by atoms with Crippen LogP contribution in [0.15, 0.2) is 30.3 Å². The fourth-order valence-corrected chi connectivity index (χ4v) is 2.46. The first-order valence-corrected chi connectivity index (χ1v) is 6.28. The maximum absolute atomic E-state index is 12.8. The van der Waals surface area contributed by atoms with Crippen molar-refractivity contribution in [3.63, 3.8) is 0 Å². The van der Waals surface area contributed by atoms with Crippen LogP contribution in [-0.2, 0) is 0 Å². The Labute approximate surface area is 111 Å². The van der Waals surface area contributed by atoms with Crippen LogP contribution in [0.4, 0.5) is 4.79 Å². The number of aliphatic hydroxyl groups excluding tert-OH is 1. The van der Waals surface area contributed by atoms with E-state index in [-0.39, 0.29) is 13.1 Å². The summed E-state index contributed by atoms with van der Waals surface area (Å²) in [6, 6.07) is 8.09. The van der Waals surface area contributed by atoms with Crippen LogP contribution in [0, 0.1) is 5.21 Å². The fourth-order valence-electron chi connectivity index (χ4n) is 2.46. The van der Waals surface area contributed by atoms with Gasteiger partial charge < -0.3 is 15.4 Å². The first-order valence-electron chi connectivity index (χ1n) is 6.28. The minimum absolute atomic E-state index is 0.0903. The Morgan fingerprint density at radius 1 is 1.47 bits per heavy atom. The van der Waals surface area contributed by atoms with E-state index in [0.717, 1.165) is 0 Å². The zero-order valence-corrected chi connectivity index (χ0v) is 10.8. The van der Waals surface area contributed by atoms with Crippen LogP contribution in [0.1, 0.15) is 24.9 Å². The molecule has 0 radical (unpaired) electrons. The van der Waals surface area contributed by atoms with E-state index in [2.05, 4.69) is 0 Å². The molecule has 2 N–H and O–H groups in total. The molecule has 1 saturated heterocycles. The zero-order valence-electron chi connectivity index (χ0n) is 10.8. The van der Waals surface area contributed by atoms with Gasteiger partial charge in [0.15, 0.2) is 0 Å². The number of benzene rings is 1. The van der Waals surface area contributed by atoms with Gasteiger partial charge in [-0.1, -0.05) is 30.3 Å². The van der Waals surface area contributed by atoms with Crippen LogP contribution in [0.2, 0.25) is 0 Å². The number of β-amino-alcohol motifs (C(OH)–C–C–N with tert-alkyl or cyclic N) is 1. The number of hydrogen-bond acceptors (Lipinski definition) is 4. The van der Waals surface area contributed by atoms with Gasteiger partial charge in [0.1, 0.15) is 6.04 Å². The highest BCUT2D eigenvalue weighted by Crippen LogP contribution is 2.32. The van der Waals surface area contributed by atoms with Gasteiger partial charge in [0.2, 0.25) is 0 Å². The molecule has 1 aliphatic heterocycles. The lowest BCUT2D eigenvalue weighted by Crippen LogP contribution is -2.59. The van der Waals surface area contributed by atoms with Crippen LogP contribution in [0.3, 0.4) is 0 Å². The molecule has 0 aromatic heterocycles. The summed E-state index contributed by atoms with van der Waals surface area (Å²) in [5.41, 5.74) is 0.668. The van der Waals surface area contributed by atoms with Gasteiger partial charge in [-0.25, -0.2) is 0 Å². The second kappa shape index (κ2) is 5.26. The quantitative estimate of drug-likeness (QED) is 0.643. The molecule has 1 aromatic carbocycles. The predicted octanol–water partition coefficient (Wildman–Crippen LogP) is 1.72. The molecule has 1 heterocycles. The summed E-state index contributed by atoms with van der Waals surface area (Å²) in [5.74, 6) is 0. The standard InChI is InChI=1S/C13H18N2O4/c1-10(11-5-3-2-4-6-11)15(19,13(17)18)14-8-7-12(16)9-14/h2-6,10,12,16H,7-9H2,1H3,(H,17,18). The summed E-state index contributed by atoms with van der Waals surface area (Å²) >= 11 is 0. The van der Waals surface area contributed by atoms with Gasteiger partial charge in [-0.2, -0.15) is 9.55 Å². The molecule has 1 aliphatic rings. The summed E-state index contributed by atoms with van der Waals surface area (Å²) in [5, 5.41) is 32.9. The number of amides is 1. The molecule has 1 amide bonds. The van der Waals surface area contributed by atoms with Gasteiger partial charge in [-0.15, -0.1) is 5.01 Å². The van der Waals surface area contributed by atoms with Crippen molar-refractivity contribution in [2.75, 3.05) is 13.1 Å². The second-order valence-corrected chi connectivity index (χ2v) is 4.85. The Kier molecular flexibility index (Phi) is 3.86. The van der Waals surface area contributed by atoms with E-state index in [1.165, 1.54) is 5.01 Å². The molecule has 104 valence electrons. The molecule has 0 bridgehead atoms. The minimum atomic E-state index is -1.47. The number of hydroxylamine groups is 2. The molecule has 1 aromatic rings. The molecular formula is C13H18N2O4. The lowest BCUT2D eigenvalue weighted by molar-refractivity contribution is -0.953. The number of hydrogen-bond donors (Lipinski definition) is 2. The number of quaternary nitrogens is 1. The van der Waals surface area contributed by atoms with Crippen molar-refractivity contribution in [3.8, 4) is 0 Å². The van der Waals surface area contributed by atoms with Gasteiger partial charge in [-0.05, 0) is 13.3 Å². The van der Waals surface area contributed by atoms with Crippen LogP contribution in [0.5, 0.6) is 0 Å². The van der Waals surface area contributed by atoms with Crippen LogP contribution in [0.25, 0.3) is 0 Å². The van der Waals surface area contributed by atoms with Crippen molar-refractivity contribution in [1.29, 1.82) is 0 Å². The van der Waals surface area contributed by atoms with Crippen molar-refractivity contribution in [2.45, 2.75) is 25.5 Å². The first-order chi connectivity index (χ1) is 8.96. The maximum atomic E-state index is 12.8. The summed E-state index contributed by atoms with van der Waals surface area (Å²) in [6.45, 7) is 1.97. The van der Waals surface area contributed by atoms with Gasteiger partial charge in [0.25, 0.3) is 0 Å². The highest BCUT2D eigenvalue weighted by Gasteiger charge is 2.44. The van der Waals surface area contributed by atoms with Crippen molar-refractivity contribution >= 4 is 6.09 Å². The maximum Gasteiger partial charge on any atom is 0.534 e. The normalized spacial score (nSPS) is 24.9. The van der Waals surface area contributed by atoms with Gasteiger partial charge in [0, 0.05) is 5.56 Å². The fraction of sp³-hybridized carbons (Fsp3) is 0.462. The molecule has 3 atom stereocenters. The Morgan fingerprint density at radius 2 is 2.11 bits per heavy atom. The van der Waals surface area contributed by atoms with Crippen LogP contribution in [-0.4, -0.2) is 45.3 Å². The van der Waals surface area contributed by atoms with Crippen LogP contribution < -0.4 is 0 Å². The molecule has 0 aliphatic carbocycles. The van der Waals surface area contributed by atoms with Crippen molar-refractivity contribution in [1.82, 2.24) is 5.01 Å². The zero-order chi connectivity index (χ0) is 14.0. The summed E-state index contributed by atoms with van der Waals surface area (Å²) < 4.78 is -1.47. The van der Waals surface area contributed by atoms with E-state index in [0.29, 0.717) is 12.0 Å². The molecule has 6 nitrogen and oxygen atoms in total. The highest BCUT2D eigenvalue weighted by molar-refractivity contribution is 5.57. The molecule has 0 saturated carbocycles. The molecular weight excluding hydrogens is 248 g/mol. The molecule has 6 heteroatoms. The lowest BCUT2D eigenvalue weighted by Gasteiger charge is -2.46. The van der Waals surface area contributed by atoms with E-state index in [1.807, 2.05) is 6.07 Å². The van der Waals surface area contributed by atoms with Crippen molar-refractivity contribution < 1.29 is 19.8 Å². The Balaban J connectivity index is 2.31. The van der Waals surface area contributed by atoms with E-state index in [1.54, 1.807) is 31.2 Å². The lowest BCUT2D eigenvalue weighted by atomic mass is 10.1. The van der Waals surface area contributed by atoms with E-state index in [9.17, 15) is 20.2 Å². The Bertz CT molecular complexity index is 453. The smallest absolute Gasteiger partial charge is 0.534 e.